The quantitative estimate of drug-likeness (QED) is 0.461. The molecule has 0 spiro atoms. The van der Waals surface area contributed by atoms with Crippen molar-refractivity contribution in [2.24, 2.45) is 5.10 Å². The highest BCUT2D eigenvalue weighted by Gasteiger charge is 2.06. The first-order chi connectivity index (χ1) is 14.1. The second-order valence-electron chi connectivity index (χ2n) is 5.96. The molecule has 1 amide bonds. The molecule has 0 bridgehead atoms. The van der Waals surface area contributed by atoms with E-state index < -0.39 is 17.5 Å². The number of amides is 1. The van der Waals surface area contributed by atoms with Gasteiger partial charge in [0.1, 0.15) is 29.7 Å². The second kappa shape index (κ2) is 9.98. The van der Waals surface area contributed by atoms with Gasteiger partial charge in [-0.1, -0.05) is 36.4 Å². The van der Waals surface area contributed by atoms with E-state index in [9.17, 15) is 13.6 Å². The maximum atomic E-state index is 13.4. The van der Waals surface area contributed by atoms with Gasteiger partial charge < -0.3 is 9.47 Å². The van der Waals surface area contributed by atoms with Gasteiger partial charge in [0.2, 0.25) is 0 Å². The van der Waals surface area contributed by atoms with E-state index in [1.165, 1.54) is 6.07 Å². The van der Waals surface area contributed by atoms with Gasteiger partial charge in [-0.15, -0.1) is 0 Å². The van der Waals surface area contributed by atoms with Crippen LogP contribution in [0.15, 0.2) is 77.9 Å². The summed E-state index contributed by atoms with van der Waals surface area (Å²) in [6, 6.07) is 20.0. The Bertz CT molecular complexity index is 957. The molecule has 0 aliphatic rings. The van der Waals surface area contributed by atoms with Crippen molar-refractivity contribution in [3.8, 4) is 11.5 Å². The van der Waals surface area contributed by atoms with Crippen LogP contribution < -0.4 is 14.9 Å². The topological polar surface area (TPSA) is 59.9 Å². The zero-order valence-corrected chi connectivity index (χ0v) is 15.3. The van der Waals surface area contributed by atoms with Crippen LogP contribution in [0.4, 0.5) is 8.78 Å². The molecule has 1 N–H and O–H groups in total. The van der Waals surface area contributed by atoms with Gasteiger partial charge in [0.15, 0.2) is 6.61 Å². The fourth-order valence-corrected chi connectivity index (χ4v) is 2.36. The summed E-state index contributed by atoms with van der Waals surface area (Å²) < 4.78 is 37.9. The lowest BCUT2D eigenvalue weighted by Gasteiger charge is -2.08. The first-order valence-corrected chi connectivity index (χ1v) is 8.77. The molecule has 0 saturated carbocycles. The molecule has 5 nitrogen and oxygen atoms in total. The number of hydrogen-bond donors (Lipinski definition) is 1. The summed E-state index contributed by atoms with van der Waals surface area (Å²) in [6.07, 6.45) is 0.904. The van der Waals surface area contributed by atoms with E-state index in [0.29, 0.717) is 18.1 Å². The van der Waals surface area contributed by atoms with E-state index in [-0.39, 0.29) is 12.2 Å². The predicted molar refractivity (Wildman–Crippen MR) is 105 cm³/mol. The number of hydrazone groups is 1. The Morgan fingerprint density at radius 3 is 2.14 bits per heavy atom. The molecule has 0 unspecified atom stereocenters. The summed E-state index contributed by atoms with van der Waals surface area (Å²) in [7, 11) is 0. The molecule has 148 valence electrons. The monoisotopic (exact) mass is 396 g/mol. The molecule has 3 rings (SSSR count). The average Bonchev–Trinajstić information content (AvgIpc) is 2.74. The number of benzene rings is 3. The van der Waals surface area contributed by atoms with E-state index in [1.807, 2.05) is 30.3 Å². The maximum Gasteiger partial charge on any atom is 0.277 e. The minimum Gasteiger partial charge on any atom is -0.489 e. The van der Waals surface area contributed by atoms with E-state index in [4.69, 9.17) is 9.47 Å². The van der Waals surface area contributed by atoms with Crippen LogP contribution in [0.1, 0.15) is 11.1 Å². The summed E-state index contributed by atoms with van der Waals surface area (Å²) in [4.78, 5) is 11.7. The highest BCUT2D eigenvalue weighted by atomic mass is 19.1. The second-order valence-corrected chi connectivity index (χ2v) is 5.96. The number of carbonyl (C=O) groups is 1. The van der Waals surface area contributed by atoms with Crippen molar-refractivity contribution in [2.45, 2.75) is 6.61 Å². The van der Waals surface area contributed by atoms with Crippen LogP contribution >= 0.6 is 0 Å². The first kappa shape index (κ1) is 20.0. The SMILES string of the molecule is O=C(COc1ccc(OCc2ccccc2)cc1)N/N=C/c1c(F)cccc1F. The van der Waals surface area contributed by atoms with E-state index in [2.05, 4.69) is 10.5 Å². The van der Waals surface area contributed by atoms with Gasteiger partial charge in [0.05, 0.1) is 11.8 Å². The zero-order valence-electron chi connectivity index (χ0n) is 15.3. The molecular weight excluding hydrogens is 378 g/mol. The molecule has 0 radical (unpaired) electrons. The van der Waals surface area contributed by atoms with Crippen molar-refractivity contribution in [1.82, 2.24) is 5.43 Å². The molecule has 0 fully saturated rings. The van der Waals surface area contributed by atoms with Crippen LogP contribution in [-0.4, -0.2) is 18.7 Å². The Morgan fingerprint density at radius 2 is 1.48 bits per heavy atom. The molecule has 7 heteroatoms. The van der Waals surface area contributed by atoms with Gasteiger partial charge in [-0.25, -0.2) is 14.2 Å². The highest BCUT2D eigenvalue weighted by molar-refractivity contribution is 5.83. The predicted octanol–water partition coefficient (Wildman–Crippen LogP) is 4.07. The van der Waals surface area contributed by atoms with Crippen LogP contribution in [0.5, 0.6) is 11.5 Å². The van der Waals surface area contributed by atoms with Crippen molar-refractivity contribution in [1.29, 1.82) is 0 Å². The Kier molecular flexibility index (Phi) is 6.89. The number of nitrogens with one attached hydrogen (secondary N) is 1. The molecule has 29 heavy (non-hydrogen) atoms. The summed E-state index contributed by atoms with van der Waals surface area (Å²) in [5.41, 5.74) is 2.88. The molecule has 0 aliphatic heterocycles. The standard InChI is InChI=1S/C22H18F2N2O3/c23-20-7-4-8-21(24)19(20)13-25-26-22(27)15-29-18-11-9-17(10-12-18)28-14-16-5-2-1-3-6-16/h1-13H,14-15H2,(H,26,27)/b25-13+. The van der Waals surface area contributed by atoms with Gasteiger partial charge in [0, 0.05) is 0 Å². The van der Waals surface area contributed by atoms with Crippen LogP contribution in [0.2, 0.25) is 0 Å². The summed E-state index contributed by atoms with van der Waals surface area (Å²) in [6.45, 7) is 0.144. The van der Waals surface area contributed by atoms with Gasteiger partial charge in [-0.2, -0.15) is 5.10 Å². The molecule has 3 aromatic carbocycles. The molecule has 0 heterocycles. The van der Waals surface area contributed by atoms with Gasteiger partial charge in [0.25, 0.3) is 5.91 Å². The molecule has 0 saturated heterocycles. The van der Waals surface area contributed by atoms with Crippen molar-refractivity contribution in [3.63, 3.8) is 0 Å². The van der Waals surface area contributed by atoms with E-state index in [0.717, 1.165) is 23.9 Å². The summed E-state index contributed by atoms with van der Waals surface area (Å²) in [5.74, 6) is -0.969. The lowest BCUT2D eigenvalue weighted by Crippen LogP contribution is -2.24. The van der Waals surface area contributed by atoms with Crippen LogP contribution in [-0.2, 0) is 11.4 Å². The van der Waals surface area contributed by atoms with Crippen molar-refractivity contribution in [3.05, 3.63) is 95.6 Å². The zero-order chi connectivity index (χ0) is 20.5. The van der Waals surface area contributed by atoms with Crippen molar-refractivity contribution in [2.75, 3.05) is 6.61 Å². The summed E-state index contributed by atoms with van der Waals surface area (Å²) >= 11 is 0. The number of ether oxygens (including phenoxy) is 2. The number of halogens is 2. The lowest BCUT2D eigenvalue weighted by atomic mass is 10.2. The van der Waals surface area contributed by atoms with E-state index in [1.54, 1.807) is 24.3 Å². The third-order valence-corrected chi connectivity index (χ3v) is 3.82. The third-order valence-electron chi connectivity index (χ3n) is 3.82. The average molecular weight is 396 g/mol. The van der Waals surface area contributed by atoms with Crippen LogP contribution in [0.25, 0.3) is 0 Å². The van der Waals surface area contributed by atoms with Gasteiger partial charge in [-0.3, -0.25) is 4.79 Å². The van der Waals surface area contributed by atoms with Crippen molar-refractivity contribution < 1.29 is 23.0 Å². The minimum absolute atomic E-state index is 0.304. The third kappa shape index (κ3) is 6.14. The maximum absolute atomic E-state index is 13.4. The Labute approximate surface area is 166 Å². The van der Waals surface area contributed by atoms with Crippen molar-refractivity contribution >= 4 is 12.1 Å². The number of nitrogens with zero attached hydrogens (tertiary/aromatic N) is 1. The van der Waals surface area contributed by atoms with Crippen LogP contribution in [0.3, 0.4) is 0 Å². The molecule has 3 aromatic rings. The molecule has 0 atom stereocenters. The molecule has 0 aliphatic carbocycles. The first-order valence-electron chi connectivity index (χ1n) is 8.77. The van der Waals surface area contributed by atoms with Crippen LogP contribution in [0, 0.1) is 11.6 Å². The minimum atomic E-state index is -0.770. The smallest absolute Gasteiger partial charge is 0.277 e. The Balaban J connectivity index is 1.43. The van der Waals surface area contributed by atoms with E-state index >= 15 is 0 Å². The van der Waals surface area contributed by atoms with Gasteiger partial charge in [-0.05, 0) is 42.0 Å². The lowest BCUT2D eigenvalue weighted by molar-refractivity contribution is -0.123. The Hall–Kier alpha value is -3.74. The number of carbonyl (C=O) groups excluding carboxylic acids is 1. The summed E-state index contributed by atoms with van der Waals surface area (Å²) in [5, 5.41) is 3.54. The fourth-order valence-electron chi connectivity index (χ4n) is 2.36. The Morgan fingerprint density at radius 1 is 0.862 bits per heavy atom. The number of hydrogen-bond acceptors (Lipinski definition) is 4. The van der Waals surface area contributed by atoms with Gasteiger partial charge >= 0.3 is 0 Å². The molecule has 0 aromatic heterocycles. The largest absolute Gasteiger partial charge is 0.489 e. The fraction of sp³-hybridized carbons (Fsp3) is 0.0909. The number of rotatable bonds is 8. The normalized spacial score (nSPS) is 10.7. The highest BCUT2D eigenvalue weighted by Crippen LogP contribution is 2.18. The molecular formula is C22H18F2N2O3.